The molecule has 2 aromatic carbocycles. The highest BCUT2D eigenvalue weighted by Crippen LogP contribution is 2.37. The van der Waals surface area contributed by atoms with Crippen LogP contribution in [-0.4, -0.2) is 48.9 Å². The number of hydrogen-bond acceptors (Lipinski definition) is 6. The first-order valence-electron chi connectivity index (χ1n) is 11.2. The van der Waals surface area contributed by atoms with E-state index in [2.05, 4.69) is 23.2 Å². The van der Waals surface area contributed by atoms with Gasteiger partial charge in [0.1, 0.15) is 11.9 Å². The van der Waals surface area contributed by atoms with Crippen LogP contribution in [-0.2, 0) is 6.42 Å². The van der Waals surface area contributed by atoms with Crippen molar-refractivity contribution < 1.29 is 14.3 Å². The molecule has 0 atom stereocenters. The van der Waals surface area contributed by atoms with E-state index in [0.717, 1.165) is 35.0 Å². The largest absolute Gasteiger partial charge is 0.454 e. The van der Waals surface area contributed by atoms with Gasteiger partial charge in [0, 0.05) is 43.3 Å². The molecular formula is C25H25N5O3. The number of benzene rings is 2. The maximum atomic E-state index is 12.9. The lowest BCUT2D eigenvalue weighted by Crippen LogP contribution is -2.38. The molecule has 0 radical (unpaired) electrons. The van der Waals surface area contributed by atoms with Gasteiger partial charge in [0.25, 0.3) is 0 Å². The molecule has 0 unspecified atom stereocenters. The molecule has 168 valence electrons. The highest BCUT2D eigenvalue weighted by atomic mass is 16.7. The lowest BCUT2D eigenvalue weighted by atomic mass is 10.1. The molecule has 2 amide bonds. The van der Waals surface area contributed by atoms with Gasteiger partial charge in [-0.3, -0.25) is 0 Å². The summed E-state index contributed by atoms with van der Waals surface area (Å²) < 4.78 is 10.9. The van der Waals surface area contributed by atoms with Gasteiger partial charge < -0.3 is 24.6 Å². The van der Waals surface area contributed by atoms with E-state index in [1.807, 2.05) is 47.4 Å². The Kier molecular flexibility index (Phi) is 5.61. The summed E-state index contributed by atoms with van der Waals surface area (Å²) in [6.45, 7) is 4.77. The molecule has 1 fully saturated rings. The second-order valence-electron chi connectivity index (χ2n) is 8.14. The van der Waals surface area contributed by atoms with Gasteiger partial charge in [-0.1, -0.05) is 25.1 Å². The summed E-state index contributed by atoms with van der Waals surface area (Å²) in [5.41, 5.74) is 3.23. The van der Waals surface area contributed by atoms with Crippen LogP contribution >= 0.6 is 0 Å². The van der Waals surface area contributed by atoms with Crippen LogP contribution in [0.15, 0.2) is 42.5 Å². The van der Waals surface area contributed by atoms with Crippen LogP contribution < -0.4 is 19.7 Å². The first-order valence-corrected chi connectivity index (χ1v) is 11.2. The number of carbonyl (C=O) groups is 1. The van der Waals surface area contributed by atoms with Gasteiger partial charge in [0.2, 0.25) is 6.79 Å². The fourth-order valence-electron chi connectivity index (χ4n) is 4.35. The Hall–Kier alpha value is -3.99. The van der Waals surface area contributed by atoms with Crippen molar-refractivity contribution in [2.75, 3.05) is 43.2 Å². The quantitative estimate of drug-likeness (QED) is 0.654. The fourth-order valence-corrected chi connectivity index (χ4v) is 4.35. The van der Waals surface area contributed by atoms with Gasteiger partial charge >= 0.3 is 6.03 Å². The van der Waals surface area contributed by atoms with Crippen molar-refractivity contribution >= 4 is 28.4 Å². The molecule has 0 aliphatic carbocycles. The van der Waals surface area contributed by atoms with E-state index in [1.165, 1.54) is 0 Å². The number of ether oxygens (including phenoxy) is 2. The van der Waals surface area contributed by atoms with Crippen molar-refractivity contribution in [3.63, 3.8) is 0 Å². The van der Waals surface area contributed by atoms with E-state index in [4.69, 9.17) is 14.5 Å². The normalized spacial score (nSPS) is 15.3. The molecule has 8 nitrogen and oxygen atoms in total. The van der Waals surface area contributed by atoms with Crippen molar-refractivity contribution in [1.29, 1.82) is 5.26 Å². The Labute approximate surface area is 192 Å². The lowest BCUT2D eigenvalue weighted by Gasteiger charge is -2.24. The number of anilines is 2. The predicted octanol–water partition coefficient (Wildman–Crippen LogP) is 4.14. The molecule has 0 bridgehead atoms. The Morgan fingerprint density at radius 3 is 2.76 bits per heavy atom. The minimum atomic E-state index is -0.0996. The first kappa shape index (κ1) is 20.9. The summed E-state index contributed by atoms with van der Waals surface area (Å²) in [4.78, 5) is 21.7. The van der Waals surface area contributed by atoms with Gasteiger partial charge in [0.15, 0.2) is 11.5 Å². The average molecular weight is 444 g/mol. The number of aromatic nitrogens is 1. The number of carbonyl (C=O) groups excluding carboxylic acids is 1. The number of nitrogens with zero attached hydrogens (tertiary/aromatic N) is 4. The molecule has 33 heavy (non-hydrogen) atoms. The molecule has 0 spiro atoms. The zero-order chi connectivity index (χ0) is 22.8. The predicted molar refractivity (Wildman–Crippen MR) is 126 cm³/mol. The number of nitrogens with one attached hydrogen (secondary N) is 1. The van der Waals surface area contributed by atoms with Crippen molar-refractivity contribution in [2.45, 2.75) is 19.8 Å². The van der Waals surface area contributed by atoms with Crippen LogP contribution in [0.25, 0.3) is 10.9 Å². The first-order chi connectivity index (χ1) is 16.2. The molecule has 2 aliphatic heterocycles. The van der Waals surface area contributed by atoms with Crippen LogP contribution in [0.4, 0.5) is 16.3 Å². The summed E-state index contributed by atoms with van der Waals surface area (Å²) in [5, 5.41) is 13.7. The van der Waals surface area contributed by atoms with Crippen LogP contribution in [0.1, 0.15) is 24.5 Å². The topological polar surface area (TPSA) is 90.7 Å². The number of rotatable bonds is 3. The van der Waals surface area contributed by atoms with E-state index in [9.17, 15) is 10.1 Å². The molecule has 1 N–H and O–H groups in total. The monoisotopic (exact) mass is 443 g/mol. The maximum Gasteiger partial charge on any atom is 0.321 e. The van der Waals surface area contributed by atoms with E-state index in [0.29, 0.717) is 49.1 Å². The van der Waals surface area contributed by atoms with Gasteiger partial charge in [-0.2, -0.15) is 5.26 Å². The molecule has 8 heteroatoms. The van der Waals surface area contributed by atoms with Crippen molar-refractivity contribution in [1.82, 2.24) is 9.88 Å². The number of para-hydroxylation sites is 1. The molecule has 2 aliphatic rings. The maximum absolute atomic E-state index is 12.9. The van der Waals surface area contributed by atoms with Gasteiger partial charge in [-0.25, -0.2) is 9.78 Å². The van der Waals surface area contributed by atoms with Crippen LogP contribution in [0.2, 0.25) is 0 Å². The zero-order valence-corrected chi connectivity index (χ0v) is 18.5. The number of pyridine rings is 1. The SMILES string of the molecule is CCc1ccccc1NC(=O)N1CCCN(c2nc3cc4c(cc3cc2C#N)OCO4)CC1. The Morgan fingerprint density at radius 2 is 1.94 bits per heavy atom. The van der Waals surface area contributed by atoms with Gasteiger partial charge in [0.05, 0.1) is 11.1 Å². The molecule has 1 aromatic heterocycles. The summed E-state index contributed by atoms with van der Waals surface area (Å²) in [6, 6.07) is 15.6. The molecular weight excluding hydrogens is 418 g/mol. The Bertz CT molecular complexity index is 1250. The molecule has 3 heterocycles. The highest BCUT2D eigenvalue weighted by Gasteiger charge is 2.23. The summed E-state index contributed by atoms with van der Waals surface area (Å²) in [6.07, 6.45) is 1.64. The third-order valence-electron chi connectivity index (χ3n) is 6.13. The van der Waals surface area contributed by atoms with E-state index >= 15 is 0 Å². The minimum Gasteiger partial charge on any atom is -0.454 e. The second-order valence-corrected chi connectivity index (χ2v) is 8.14. The summed E-state index contributed by atoms with van der Waals surface area (Å²) in [5.74, 6) is 1.97. The van der Waals surface area contributed by atoms with Crippen molar-refractivity contribution in [3.05, 3.63) is 53.6 Å². The third kappa shape index (κ3) is 4.10. The number of amides is 2. The van der Waals surface area contributed by atoms with Gasteiger partial charge in [-0.15, -0.1) is 0 Å². The number of urea groups is 1. The Balaban J connectivity index is 1.35. The number of aryl methyl sites for hydroxylation is 1. The molecule has 0 saturated carbocycles. The zero-order valence-electron chi connectivity index (χ0n) is 18.5. The van der Waals surface area contributed by atoms with Gasteiger partial charge in [-0.05, 0) is 36.6 Å². The van der Waals surface area contributed by atoms with Crippen molar-refractivity contribution in [2.24, 2.45) is 0 Å². The summed E-state index contributed by atoms with van der Waals surface area (Å²) >= 11 is 0. The van der Waals surface area contributed by atoms with Crippen LogP contribution in [0, 0.1) is 11.3 Å². The number of hydrogen-bond donors (Lipinski definition) is 1. The van der Waals surface area contributed by atoms with Crippen LogP contribution in [0.5, 0.6) is 11.5 Å². The van der Waals surface area contributed by atoms with Crippen molar-refractivity contribution in [3.8, 4) is 17.6 Å². The molecule has 1 saturated heterocycles. The van der Waals surface area contributed by atoms with E-state index in [-0.39, 0.29) is 12.8 Å². The molecule has 3 aromatic rings. The smallest absolute Gasteiger partial charge is 0.321 e. The van der Waals surface area contributed by atoms with E-state index < -0.39 is 0 Å². The minimum absolute atomic E-state index is 0.0996. The average Bonchev–Trinajstić information content (AvgIpc) is 3.15. The van der Waals surface area contributed by atoms with E-state index in [1.54, 1.807) is 0 Å². The highest BCUT2D eigenvalue weighted by molar-refractivity contribution is 5.90. The third-order valence-corrected chi connectivity index (χ3v) is 6.13. The molecule has 5 rings (SSSR count). The lowest BCUT2D eigenvalue weighted by molar-refractivity contribution is 0.174. The standard InChI is InChI=1S/C25H25N5O3/c1-2-17-6-3-4-7-20(17)28-25(31)30-9-5-8-29(10-11-30)24-19(15-26)12-18-13-22-23(33-16-32-22)14-21(18)27-24/h3-4,6-7,12-14H,2,5,8-11,16H2,1H3,(H,28,31). The van der Waals surface area contributed by atoms with Crippen LogP contribution in [0.3, 0.4) is 0 Å². The second kappa shape index (κ2) is 8.87. The Morgan fingerprint density at radius 1 is 1.12 bits per heavy atom. The number of fused-ring (bicyclic) bond motifs is 2. The summed E-state index contributed by atoms with van der Waals surface area (Å²) in [7, 11) is 0. The number of nitriles is 1. The fraction of sp³-hybridized carbons (Fsp3) is 0.320.